The Balaban J connectivity index is 2.16. The lowest BCUT2D eigenvalue weighted by atomic mass is 10.2. The number of carbonyl (C=O) groups excluding carboxylic acids is 1. The lowest BCUT2D eigenvalue weighted by Gasteiger charge is -2.02. The van der Waals surface area contributed by atoms with Gasteiger partial charge in [0.25, 0.3) is 0 Å². The molecule has 1 saturated heterocycles. The molecule has 1 unspecified atom stereocenters. The quantitative estimate of drug-likeness (QED) is 0.682. The van der Waals surface area contributed by atoms with E-state index in [0.29, 0.717) is 5.69 Å². The SMILES string of the molecule is CC(=O)c1csc(C2CCCO2)n1. The van der Waals surface area contributed by atoms with Gasteiger partial charge in [-0.05, 0) is 12.8 Å². The molecule has 1 atom stereocenters. The molecule has 1 aliphatic heterocycles. The van der Waals surface area contributed by atoms with Crippen molar-refractivity contribution in [2.24, 2.45) is 0 Å². The lowest BCUT2D eigenvalue weighted by Crippen LogP contribution is -1.97. The summed E-state index contributed by atoms with van der Waals surface area (Å²) in [5.74, 6) is 0.0282. The molecule has 13 heavy (non-hydrogen) atoms. The molecule has 3 nitrogen and oxygen atoms in total. The third kappa shape index (κ3) is 1.78. The van der Waals surface area contributed by atoms with Crippen LogP contribution < -0.4 is 0 Å². The van der Waals surface area contributed by atoms with Gasteiger partial charge in [0.15, 0.2) is 5.78 Å². The van der Waals surface area contributed by atoms with Crippen LogP contribution in [0.4, 0.5) is 0 Å². The maximum absolute atomic E-state index is 11.0. The van der Waals surface area contributed by atoms with Crippen molar-refractivity contribution >= 4 is 17.1 Å². The van der Waals surface area contributed by atoms with E-state index in [2.05, 4.69) is 4.98 Å². The van der Waals surface area contributed by atoms with E-state index in [-0.39, 0.29) is 11.9 Å². The van der Waals surface area contributed by atoms with Crippen molar-refractivity contribution in [1.82, 2.24) is 4.98 Å². The zero-order valence-electron chi connectivity index (χ0n) is 7.45. The van der Waals surface area contributed by atoms with E-state index in [0.717, 1.165) is 24.5 Å². The highest BCUT2D eigenvalue weighted by molar-refractivity contribution is 7.09. The standard InChI is InChI=1S/C9H11NO2S/c1-6(11)7-5-13-9(10-7)8-3-2-4-12-8/h5,8H,2-4H2,1H3. The van der Waals surface area contributed by atoms with Gasteiger partial charge in [0, 0.05) is 18.9 Å². The number of carbonyl (C=O) groups is 1. The van der Waals surface area contributed by atoms with Crippen LogP contribution in [0.15, 0.2) is 5.38 Å². The molecule has 0 saturated carbocycles. The molecule has 70 valence electrons. The Morgan fingerprint density at radius 1 is 1.77 bits per heavy atom. The first-order valence-electron chi connectivity index (χ1n) is 4.35. The minimum atomic E-state index is 0.0282. The number of ketones is 1. The molecule has 1 fully saturated rings. The van der Waals surface area contributed by atoms with Gasteiger partial charge in [-0.2, -0.15) is 0 Å². The first kappa shape index (κ1) is 8.84. The lowest BCUT2D eigenvalue weighted by molar-refractivity contribution is 0.100. The first-order chi connectivity index (χ1) is 6.27. The van der Waals surface area contributed by atoms with Crippen LogP contribution in [0, 0.1) is 0 Å². The summed E-state index contributed by atoms with van der Waals surface area (Å²) in [6.07, 6.45) is 2.27. The number of thiazole rings is 1. The van der Waals surface area contributed by atoms with Gasteiger partial charge in [0.1, 0.15) is 16.8 Å². The van der Waals surface area contributed by atoms with Gasteiger partial charge in [-0.1, -0.05) is 0 Å². The van der Waals surface area contributed by atoms with Gasteiger partial charge in [-0.3, -0.25) is 4.79 Å². The highest BCUT2D eigenvalue weighted by atomic mass is 32.1. The topological polar surface area (TPSA) is 39.2 Å². The molecule has 0 aliphatic carbocycles. The molecular weight excluding hydrogens is 186 g/mol. The van der Waals surface area contributed by atoms with Gasteiger partial charge >= 0.3 is 0 Å². The van der Waals surface area contributed by atoms with E-state index in [4.69, 9.17) is 4.74 Å². The Bertz CT molecular complexity index is 315. The molecular formula is C9H11NO2S. The predicted molar refractivity (Wildman–Crippen MR) is 50.0 cm³/mol. The Morgan fingerprint density at radius 3 is 3.15 bits per heavy atom. The largest absolute Gasteiger partial charge is 0.371 e. The van der Waals surface area contributed by atoms with Crippen LogP contribution in [0.25, 0.3) is 0 Å². The number of rotatable bonds is 2. The number of aromatic nitrogens is 1. The molecule has 2 rings (SSSR count). The summed E-state index contributed by atoms with van der Waals surface area (Å²) in [7, 11) is 0. The van der Waals surface area contributed by atoms with Gasteiger partial charge in [0.2, 0.25) is 0 Å². The van der Waals surface area contributed by atoms with Crippen molar-refractivity contribution in [3.8, 4) is 0 Å². The number of nitrogens with zero attached hydrogens (tertiary/aromatic N) is 1. The van der Waals surface area contributed by atoms with Crippen LogP contribution in [0.2, 0.25) is 0 Å². The molecule has 2 heterocycles. The fraction of sp³-hybridized carbons (Fsp3) is 0.556. The van der Waals surface area contributed by atoms with Crippen LogP contribution in [-0.4, -0.2) is 17.4 Å². The molecule has 0 aromatic carbocycles. The minimum absolute atomic E-state index is 0.0282. The summed E-state index contributed by atoms with van der Waals surface area (Å²) >= 11 is 1.52. The zero-order valence-corrected chi connectivity index (χ0v) is 8.26. The Kier molecular flexibility index (Phi) is 2.42. The van der Waals surface area contributed by atoms with Gasteiger partial charge in [-0.15, -0.1) is 11.3 Å². The highest BCUT2D eigenvalue weighted by Crippen LogP contribution is 2.30. The van der Waals surface area contributed by atoms with Crippen molar-refractivity contribution in [2.45, 2.75) is 25.9 Å². The summed E-state index contributed by atoms with van der Waals surface area (Å²) in [6, 6.07) is 0. The third-order valence-corrected chi connectivity index (χ3v) is 3.02. The predicted octanol–water partition coefficient (Wildman–Crippen LogP) is 2.20. The highest BCUT2D eigenvalue weighted by Gasteiger charge is 2.21. The molecule has 1 aromatic rings. The number of hydrogen-bond acceptors (Lipinski definition) is 4. The zero-order chi connectivity index (χ0) is 9.26. The van der Waals surface area contributed by atoms with E-state index in [1.165, 1.54) is 18.3 Å². The number of ether oxygens (including phenoxy) is 1. The minimum Gasteiger partial charge on any atom is -0.371 e. The second-order valence-electron chi connectivity index (χ2n) is 3.13. The Hall–Kier alpha value is -0.740. The van der Waals surface area contributed by atoms with E-state index in [9.17, 15) is 4.79 Å². The summed E-state index contributed by atoms with van der Waals surface area (Å²) in [6.45, 7) is 2.36. The van der Waals surface area contributed by atoms with Crippen molar-refractivity contribution in [3.63, 3.8) is 0 Å². The Labute approximate surface area is 80.8 Å². The smallest absolute Gasteiger partial charge is 0.178 e. The summed E-state index contributed by atoms with van der Waals surface area (Å²) in [5, 5.41) is 2.75. The molecule has 0 bridgehead atoms. The fourth-order valence-corrected chi connectivity index (χ4v) is 2.31. The summed E-state index contributed by atoms with van der Waals surface area (Å²) in [5.41, 5.74) is 0.565. The van der Waals surface area contributed by atoms with E-state index in [1.54, 1.807) is 5.38 Å². The molecule has 1 aliphatic rings. The van der Waals surface area contributed by atoms with Gasteiger partial charge in [0.05, 0.1) is 0 Å². The molecule has 1 aromatic heterocycles. The van der Waals surface area contributed by atoms with Gasteiger partial charge in [-0.25, -0.2) is 4.98 Å². The van der Waals surface area contributed by atoms with E-state index < -0.39 is 0 Å². The molecule has 0 spiro atoms. The maximum atomic E-state index is 11.0. The first-order valence-corrected chi connectivity index (χ1v) is 5.23. The second-order valence-corrected chi connectivity index (χ2v) is 4.02. The average Bonchev–Trinajstić information content (AvgIpc) is 2.75. The fourth-order valence-electron chi connectivity index (χ4n) is 1.37. The van der Waals surface area contributed by atoms with Crippen LogP contribution in [-0.2, 0) is 4.74 Å². The monoisotopic (exact) mass is 197 g/mol. The third-order valence-electron chi connectivity index (χ3n) is 2.09. The molecule has 4 heteroatoms. The second kappa shape index (κ2) is 3.55. The van der Waals surface area contributed by atoms with Crippen molar-refractivity contribution in [3.05, 3.63) is 16.1 Å². The van der Waals surface area contributed by atoms with Crippen LogP contribution in [0.3, 0.4) is 0 Å². The van der Waals surface area contributed by atoms with Crippen LogP contribution >= 0.6 is 11.3 Å². The van der Waals surface area contributed by atoms with Crippen molar-refractivity contribution in [1.29, 1.82) is 0 Å². The average molecular weight is 197 g/mol. The molecule has 0 N–H and O–H groups in total. The Morgan fingerprint density at radius 2 is 2.62 bits per heavy atom. The molecule has 0 radical (unpaired) electrons. The van der Waals surface area contributed by atoms with Crippen molar-refractivity contribution in [2.75, 3.05) is 6.61 Å². The van der Waals surface area contributed by atoms with Crippen molar-refractivity contribution < 1.29 is 9.53 Å². The normalized spacial score (nSPS) is 22.1. The van der Waals surface area contributed by atoms with Crippen LogP contribution in [0.1, 0.15) is 41.4 Å². The maximum Gasteiger partial charge on any atom is 0.178 e. The van der Waals surface area contributed by atoms with Crippen LogP contribution in [0.5, 0.6) is 0 Å². The van der Waals surface area contributed by atoms with Gasteiger partial charge < -0.3 is 4.74 Å². The van der Waals surface area contributed by atoms with E-state index in [1.807, 2.05) is 0 Å². The number of hydrogen-bond donors (Lipinski definition) is 0. The summed E-state index contributed by atoms with van der Waals surface area (Å²) < 4.78 is 5.47. The van der Waals surface area contributed by atoms with E-state index >= 15 is 0 Å². The molecule has 0 amide bonds. The number of Topliss-reactive ketones (excluding diaryl/α,β-unsaturated/α-hetero) is 1. The summed E-state index contributed by atoms with van der Waals surface area (Å²) in [4.78, 5) is 15.2.